The van der Waals surface area contributed by atoms with Crippen LogP contribution in [0.4, 0.5) is 0 Å². The van der Waals surface area contributed by atoms with E-state index < -0.39 is 32.6 Å². The van der Waals surface area contributed by atoms with Gasteiger partial charge in [-0.15, -0.1) is 0 Å². The zero-order valence-electron chi connectivity index (χ0n) is 24.5. The fourth-order valence-electron chi connectivity index (χ4n) is 3.63. The summed E-state index contributed by atoms with van der Waals surface area (Å²) in [5, 5.41) is 3.95. The zero-order valence-corrected chi connectivity index (χ0v) is 27.4. The lowest BCUT2D eigenvalue weighted by atomic mass is 9.91. The molecule has 0 heterocycles. The molecule has 7 nitrogen and oxygen atoms in total. The van der Waals surface area contributed by atoms with Crippen LogP contribution in [-0.2, 0) is 18.7 Å². The van der Waals surface area contributed by atoms with Gasteiger partial charge in [0.15, 0.2) is 8.32 Å². The molecule has 0 aromatic heterocycles. The molecule has 0 amide bonds. The van der Waals surface area contributed by atoms with Crippen molar-refractivity contribution in [3.05, 3.63) is 40.3 Å². The normalized spacial score (nSPS) is 16.2. The molecule has 36 heavy (non-hydrogen) atoms. The summed E-state index contributed by atoms with van der Waals surface area (Å²) in [4.78, 5) is 3.13. The molecule has 0 spiro atoms. The highest BCUT2D eigenvalue weighted by atomic mass is 32.2. The van der Waals surface area contributed by atoms with Gasteiger partial charge >= 0.3 is 0 Å². The van der Waals surface area contributed by atoms with Crippen LogP contribution in [0.25, 0.3) is 10.4 Å². The van der Waals surface area contributed by atoms with Crippen LogP contribution in [0.15, 0.2) is 34.3 Å². The maximum Gasteiger partial charge on any atom is 0.297 e. The predicted octanol–water partition coefficient (Wildman–Crippen LogP) is 8.16. The highest BCUT2D eigenvalue weighted by Crippen LogP contribution is 2.45. The Balaban J connectivity index is 3.49. The molecule has 0 aliphatic heterocycles. The summed E-state index contributed by atoms with van der Waals surface area (Å²) in [5.74, 6) is -0.00536. The van der Waals surface area contributed by atoms with E-state index in [0.717, 1.165) is 11.6 Å². The van der Waals surface area contributed by atoms with Gasteiger partial charge in [-0.25, -0.2) is 0 Å². The van der Waals surface area contributed by atoms with Crippen LogP contribution in [0.1, 0.15) is 54.0 Å². The Bertz CT molecular complexity index is 1010. The number of aryl methyl sites for hydroxylation is 1. The molecule has 10 heteroatoms. The van der Waals surface area contributed by atoms with Crippen LogP contribution < -0.4 is 0 Å². The topological polar surface area (TPSA) is 101 Å². The third kappa shape index (κ3) is 8.99. The molecule has 206 valence electrons. The van der Waals surface area contributed by atoms with Crippen molar-refractivity contribution >= 4 is 26.5 Å². The van der Waals surface area contributed by atoms with Gasteiger partial charge in [0.2, 0.25) is 0 Å². The first-order valence-corrected chi connectivity index (χ1v) is 20.3. The molecule has 0 saturated heterocycles. The molecule has 3 atom stereocenters. The van der Waals surface area contributed by atoms with E-state index in [1.54, 1.807) is 24.3 Å². The Morgan fingerprint density at radius 3 is 1.97 bits per heavy atom. The van der Waals surface area contributed by atoms with Crippen LogP contribution in [0, 0.1) is 18.8 Å². The van der Waals surface area contributed by atoms with E-state index in [-0.39, 0.29) is 33.4 Å². The van der Waals surface area contributed by atoms with Crippen molar-refractivity contribution in [2.75, 3.05) is 13.2 Å². The Kier molecular flexibility index (Phi) is 11.1. The Hall–Kier alpha value is -1.17. The molecule has 0 saturated carbocycles. The average Bonchev–Trinajstić information content (AvgIpc) is 2.72. The molecule has 1 aromatic rings. The molecule has 0 aliphatic carbocycles. The zero-order chi connectivity index (χ0) is 28.2. The second-order valence-corrected chi connectivity index (χ2v) is 25.4. The van der Waals surface area contributed by atoms with Crippen LogP contribution in [0.2, 0.25) is 42.3 Å². The van der Waals surface area contributed by atoms with Gasteiger partial charge in [-0.1, -0.05) is 90.4 Å². The smallest absolute Gasteiger partial charge is 0.297 e. The summed E-state index contributed by atoms with van der Waals surface area (Å²) < 4.78 is 38.8. The van der Waals surface area contributed by atoms with Crippen molar-refractivity contribution in [2.45, 2.75) is 109 Å². The molecule has 0 aliphatic rings. The van der Waals surface area contributed by atoms with Crippen molar-refractivity contribution in [1.82, 2.24) is 0 Å². The summed E-state index contributed by atoms with van der Waals surface area (Å²) in [5.41, 5.74) is 9.97. The average molecular weight is 556 g/mol. The van der Waals surface area contributed by atoms with Gasteiger partial charge in [0, 0.05) is 11.5 Å². The van der Waals surface area contributed by atoms with Gasteiger partial charge < -0.3 is 4.43 Å². The van der Waals surface area contributed by atoms with Crippen molar-refractivity contribution in [2.24, 2.45) is 17.0 Å². The summed E-state index contributed by atoms with van der Waals surface area (Å²) in [6, 6.07) is 7.59. The van der Waals surface area contributed by atoms with Crippen LogP contribution in [0.5, 0.6) is 0 Å². The largest absolute Gasteiger partial charge is 0.411 e. The standard InChI is InChI=1S/C26H49N3O4SSi2/c1-20-13-15-22(16-14-20)34(30,31)32-18-24(33-36(11,12)26(6,7)8)23(21(2)17-28-29-27)19-35(9,10)25(3,4)5/h13-16,21,23-24H,17-19H2,1-12H3/t21-,23+,24+/m0/s1. The minimum absolute atomic E-state index is 0.00970. The second-order valence-electron chi connectivity index (χ2n) is 13.4. The minimum Gasteiger partial charge on any atom is -0.411 e. The highest BCUT2D eigenvalue weighted by Gasteiger charge is 2.45. The van der Waals surface area contributed by atoms with E-state index in [2.05, 4.69) is 84.7 Å². The van der Waals surface area contributed by atoms with Crippen LogP contribution in [0.3, 0.4) is 0 Å². The SMILES string of the molecule is Cc1ccc(S(=O)(=O)OC[C@@H](O[Si](C)(C)C(C)(C)C)[C@H](C[Si](C)(C)C(C)(C)C)[C@@H](C)CN=[N+]=[N-])cc1. The second kappa shape index (κ2) is 12.1. The third-order valence-corrected chi connectivity index (χ3v) is 19.7. The number of hydrogen-bond acceptors (Lipinski definition) is 5. The van der Waals surface area contributed by atoms with Crippen molar-refractivity contribution in [1.29, 1.82) is 0 Å². The lowest BCUT2D eigenvalue weighted by Crippen LogP contribution is -2.51. The Labute approximate surface area is 222 Å². The number of rotatable bonds is 12. The van der Waals surface area contributed by atoms with Crippen LogP contribution in [-0.4, -0.2) is 44.1 Å². The molecule has 0 radical (unpaired) electrons. The molecular weight excluding hydrogens is 507 g/mol. The molecule has 1 aromatic carbocycles. The molecule has 0 unspecified atom stereocenters. The van der Waals surface area contributed by atoms with Gasteiger partial charge in [0.1, 0.15) is 0 Å². The first kappa shape index (κ1) is 32.9. The number of hydrogen-bond donors (Lipinski definition) is 0. The van der Waals surface area contributed by atoms with E-state index in [1.165, 1.54) is 0 Å². The fraction of sp³-hybridized carbons (Fsp3) is 0.769. The molecule has 0 fully saturated rings. The van der Waals surface area contributed by atoms with Gasteiger partial charge in [-0.3, -0.25) is 4.18 Å². The number of azide groups is 1. The van der Waals surface area contributed by atoms with Gasteiger partial charge in [-0.05, 0) is 59.6 Å². The highest BCUT2D eigenvalue weighted by molar-refractivity contribution is 7.86. The molecular formula is C26H49N3O4SSi2. The van der Waals surface area contributed by atoms with E-state index in [0.29, 0.717) is 6.54 Å². The number of nitrogens with zero attached hydrogens (tertiary/aromatic N) is 3. The third-order valence-electron chi connectivity index (χ3n) is 8.37. The summed E-state index contributed by atoms with van der Waals surface area (Å²) in [6.45, 7) is 26.7. The Morgan fingerprint density at radius 1 is 1.00 bits per heavy atom. The van der Waals surface area contributed by atoms with Crippen molar-refractivity contribution in [3.63, 3.8) is 0 Å². The summed E-state index contributed by atoms with van der Waals surface area (Å²) >= 11 is 0. The van der Waals surface area contributed by atoms with E-state index >= 15 is 0 Å². The van der Waals surface area contributed by atoms with Crippen molar-refractivity contribution < 1.29 is 17.0 Å². The molecule has 0 bridgehead atoms. The Morgan fingerprint density at radius 2 is 1.53 bits per heavy atom. The molecule has 0 N–H and O–H groups in total. The van der Waals surface area contributed by atoms with Gasteiger partial charge in [0.25, 0.3) is 10.1 Å². The fourth-order valence-corrected chi connectivity index (χ4v) is 8.35. The van der Waals surface area contributed by atoms with E-state index in [4.69, 9.17) is 14.1 Å². The monoisotopic (exact) mass is 555 g/mol. The predicted molar refractivity (Wildman–Crippen MR) is 155 cm³/mol. The first-order chi connectivity index (χ1) is 16.1. The summed E-state index contributed by atoms with van der Waals surface area (Å²) in [7, 11) is -8.03. The quantitative estimate of drug-likeness (QED) is 0.0853. The van der Waals surface area contributed by atoms with Crippen LogP contribution >= 0.6 is 0 Å². The van der Waals surface area contributed by atoms with E-state index in [9.17, 15) is 8.42 Å². The first-order valence-electron chi connectivity index (χ1n) is 12.8. The van der Waals surface area contributed by atoms with Crippen molar-refractivity contribution in [3.8, 4) is 0 Å². The van der Waals surface area contributed by atoms with Gasteiger partial charge in [-0.2, -0.15) is 8.42 Å². The lowest BCUT2D eigenvalue weighted by Gasteiger charge is -2.46. The van der Waals surface area contributed by atoms with Gasteiger partial charge in [0.05, 0.1) is 25.7 Å². The molecule has 1 rings (SSSR count). The maximum absolute atomic E-state index is 13.1. The minimum atomic E-state index is -3.95. The summed E-state index contributed by atoms with van der Waals surface area (Å²) in [6.07, 6.45) is -0.441. The number of benzene rings is 1. The van der Waals surface area contributed by atoms with E-state index in [1.807, 2.05) is 6.92 Å². The lowest BCUT2D eigenvalue weighted by molar-refractivity contribution is 0.0542. The maximum atomic E-state index is 13.1.